The molecule has 0 atom stereocenters. The topological polar surface area (TPSA) is 95.6 Å². The quantitative estimate of drug-likeness (QED) is 0.379. The molecule has 0 aliphatic heterocycles. The smallest absolute Gasteiger partial charge is 0.267 e. The Kier molecular flexibility index (Phi) is 4.36. The summed E-state index contributed by atoms with van der Waals surface area (Å²) in [7, 11) is 0. The average molecular weight is 409 g/mol. The molecular formula is C24H19N5O2. The maximum absolute atomic E-state index is 13.4. The predicted octanol–water partition coefficient (Wildman–Crippen LogP) is 5.60. The molecule has 0 aliphatic rings. The van der Waals surface area contributed by atoms with Gasteiger partial charge >= 0.3 is 0 Å². The minimum atomic E-state index is -0.226. The first-order valence-corrected chi connectivity index (χ1v) is 9.84. The fourth-order valence-electron chi connectivity index (χ4n) is 3.69. The summed E-state index contributed by atoms with van der Waals surface area (Å²) >= 11 is 0. The van der Waals surface area contributed by atoms with Crippen LogP contribution in [0.3, 0.4) is 0 Å². The maximum Gasteiger partial charge on any atom is 0.267 e. The van der Waals surface area contributed by atoms with Crippen LogP contribution >= 0.6 is 0 Å². The number of fused-ring (bicyclic) bond motifs is 2. The molecular weight excluding hydrogens is 390 g/mol. The van der Waals surface area contributed by atoms with Crippen LogP contribution in [0.5, 0.6) is 5.88 Å². The van der Waals surface area contributed by atoms with Crippen molar-refractivity contribution in [2.75, 3.05) is 0 Å². The Labute approximate surface area is 177 Å². The van der Waals surface area contributed by atoms with E-state index in [1.807, 2.05) is 68.4 Å². The number of rotatable bonds is 3. The van der Waals surface area contributed by atoms with Gasteiger partial charge in [0, 0.05) is 5.39 Å². The Morgan fingerprint density at radius 1 is 0.903 bits per heavy atom. The van der Waals surface area contributed by atoms with Crippen LogP contribution in [0.4, 0.5) is 11.6 Å². The van der Waals surface area contributed by atoms with Crippen molar-refractivity contribution < 1.29 is 5.11 Å². The number of para-hydroxylation sites is 2. The Bertz CT molecular complexity index is 1550. The lowest BCUT2D eigenvalue weighted by molar-refractivity contribution is 0.459. The van der Waals surface area contributed by atoms with Gasteiger partial charge in [-0.3, -0.25) is 4.79 Å². The Morgan fingerprint density at radius 2 is 1.65 bits per heavy atom. The normalized spacial score (nSPS) is 11.7. The van der Waals surface area contributed by atoms with E-state index in [0.29, 0.717) is 22.3 Å². The van der Waals surface area contributed by atoms with Crippen LogP contribution in [0.15, 0.2) is 81.8 Å². The molecule has 2 aromatic heterocycles. The fraction of sp³-hybridized carbons (Fsp3) is 0.0833. The number of azo groups is 1. The molecule has 0 fully saturated rings. The number of benzene rings is 3. The van der Waals surface area contributed by atoms with Gasteiger partial charge in [-0.25, -0.2) is 9.55 Å². The molecule has 152 valence electrons. The molecule has 0 unspecified atom stereocenters. The number of hydrogen-bond acceptors (Lipinski definition) is 5. The van der Waals surface area contributed by atoms with Crippen molar-refractivity contribution in [2.45, 2.75) is 13.8 Å². The molecule has 0 amide bonds. The lowest BCUT2D eigenvalue weighted by Crippen LogP contribution is -2.20. The first-order chi connectivity index (χ1) is 15.0. The standard InChI is InChI=1S/C24H19N5O2/c1-14-8-7-13-20(15(14)2)29-23(31)17-10-4-6-12-19(17)26-24(29)28-27-21-16-9-3-5-11-18(16)25-22(21)30/h3-13,25,30H,1-2H3. The van der Waals surface area contributed by atoms with E-state index < -0.39 is 0 Å². The van der Waals surface area contributed by atoms with Crippen LogP contribution in [-0.4, -0.2) is 19.6 Å². The molecule has 0 bridgehead atoms. The summed E-state index contributed by atoms with van der Waals surface area (Å²) in [6.45, 7) is 3.95. The second kappa shape index (κ2) is 7.21. The van der Waals surface area contributed by atoms with E-state index in [-0.39, 0.29) is 17.4 Å². The molecule has 7 heteroatoms. The first-order valence-electron chi connectivity index (χ1n) is 9.84. The second-order valence-corrected chi connectivity index (χ2v) is 7.36. The molecule has 0 saturated carbocycles. The Hall–Kier alpha value is -4.26. The van der Waals surface area contributed by atoms with Crippen LogP contribution < -0.4 is 5.56 Å². The van der Waals surface area contributed by atoms with Crippen LogP contribution in [0.1, 0.15) is 11.1 Å². The number of nitrogens with one attached hydrogen (secondary N) is 1. The van der Waals surface area contributed by atoms with Crippen molar-refractivity contribution in [1.29, 1.82) is 0 Å². The van der Waals surface area contributed by atoms with E-state index >= 15 is 0 Å². The molecule has 0 saturated heterocycles. The zero-order valence-electron chi connectivity index (χ0n) is 17.0. The number of hydrogen-bond donors (Lipinski definition) is 2. The van der Waals surface area contributed by atoms with E-state index in [2.05, 4.69) is 20.2 Å². The summed E-state index contributed by atoms with van der Waals surface area (Å²) in [6.07, 6.45) is 0. The molecule has 5 rings (SSSR count). The highest BCUT2D eigenvalue weighted by Gasteiger charge is 2.16. The summed E-state index contributed by atoms with van der Waals surface area (Å²) in [5.41, 5.74) is 4.04. The van der Waals surface area contributed by atoms with Crippen LogP contribution in [0.2, 0.25) is 0 Å². The van der Waals surface area contributed by atoms with Gasteiger partial charge < -0.3 is 10.1 Å². The predicted molar refractivity (Wildman–Crippen MR) is 121 cm³/mol. The number of aryl methyl sites for hydroxylation is 1. The summed E-state index contributed by atoms with van der Waals surface area (Å²) < 4.78 is 1.47. The van der Waals surface area contributed by atoms with E-state index in [1.54, 1.807) is 12.1 Å². The molecule has 0 spiro atoms. The number of H-pyrrole nitrogens is 1. The van der Waals surface area contributed by atoms with Crippen molar-refractivity contribution in [1.82, 2.24) is 14.5 Å². The van der Waals surface area contributed by atoms with Gasteiger partial charge in [-0.2, -0.15) is 0 Å². The van der Waals surface area contributed by atoms with Crippen molar-refractivity contribution >= 4 is 33.4 Å². The van der Waals surface area contributed by atoms with Gasteiger partial charge in [0.15, 0.2) is 5.69 Å². The third-order valence-corrected chi connectivity index (χ3v) is 5.47. The van der Waals surface area contributed by atoms with Gasteiger partial charge in [0.25, 0.3) is 11.5 Å². The molecule has 0 radical (unpaired) electrons. The highest BCUT2D eigenvalue weighted by molar-refractivity contribution is 5.94. The summed E-state index contributed by atoms with van der Waals surface area (Å²) in [5, 5.41) is 20.1. The second-order valence-electron chi connectivity index (χ2n) is 7.36. The van der Waals surface area contributed by atoms with Gasteiger partial charge in [-0.05, 0) is 49.2 Å². The minimum absolute atomic E-state index is 0.0913. The van der Waals surface area contributed by atoms with E-state index in [4.69, 9.17) is 0 Å². The number of aromatic nitrogens is 3. The summed E-state index contributed by atoms with van der Waals surface area (Å²) in [4.78, 5) is 20.9. The van der Waals surface area contributed by atoms with Crippen molar-refractivity contribution in [2.24, 2.45) is 10.2 Å². The van der Waals surface area contributed by atoms with Gasteiger partial charge in [-0.1, -0.05) is 42.5 Å². The fourth-order valence-corrected chi connectivity index (χ4v) is 3.69. The number of nitrogens with zero attached hydrogens (tertiary/aromatic N) is 4. The Morgan fingerprint density at radius 3 is 2.48 bits per heavy atom. The number of aromatic amines is 1. The maximum atomic E-state index is 13.4. The molecule has 31 heavy (non-hydrogen) atoms. The Balaban J connectivity index is 1.78. The van der Waals surface area contributed by atoms with Crippen LogP contribution in [-0.2, 0) is 0 Å². The summed E-state index contributed by atoms with van der Waals surface area (Å²) in [6, 6.07) is 20.3. The van der Waals surface area contributed by atoms with E-state index in [1.165, 1.54) is 4.57 Å². The molecule has 0 aliphatic carbocycles. The molecule has 2 N–H and O–H groups in total. The monoisotopic (exact) mass is 409 g/mol. The van der Waals surface area contributed by atoms with Crippen molar-refractivity contribution in [3.63, 3.8) is 0 Å². The largest absolute Gasteiger partial charge is 0.493 e. The lowest BCUT2D eigenvalue weighted by atomic mass is 10.1. The first kappa shape index (κ1) is 18.7. The van der Waals surface area contributed by atoms with Gasteiger partial charge in [-0.15, -0.1) is 10.2 Å². The van der Waals surface area contributed by atoms with Crippen molar-refractivity contribution in [3.05, 3.63) is 88.2 Å². The van der Waals surface area contributed by atoms with Crippen LogP contribution in [0.25, 0.3) is 27.5 Å². The minimum Gasteiger partial charge on any atom is -0.493 e. The third-order valence-electron chi connectivity index (χ3n) is 5.47. The third kappa shape index (κ3) is 3.07. The van der Waals surface area contributed by atoms with Crippen molar-refractivity contribution in [3.8, 4) is 11.6 Å². The van der Waals surface area contributed by atoms with Gasteiger partial charge in [0.1, 0.15) is 0 Å². The molecule has 5 aromatic rings. The molecule has 3 aromatic carbocycles. The molecule has 7 nitrogen and oxygen atoms in total. The average Bonchev–Trinajstić information content (AvgIpc) is 3.10. The van der Waals surface area contributed by atoms with Gasteiger partial charge in [0.2, 0.25) is 5.88 Å². The zero-order valence-corrected chi connectivity index (χ0v) is 17.0. The van der Waals surface area contributed by atoms with E-state index in [0.717, 1.165) is 22.0 Å². The number of aromatic hydroxyl groups is 1. The highest BCUT2D eigenvalue weighted by atomic mass is 16.3. The lowest BCUT2D eigenvalue weighted by Gasteiger charge is -2.13. The van der Waals surface area contributed by atoms with E-state index in [9.17, 15) is 9.90 Å². The van der Waals surface area contributed by atoms with Crippen LogP contribution in [0, 0.1) is 13.8 Å². The zero-order chi connectivity index (χ0) is 21.5. The highest BCUT2D eigenvalue weighted by Crippen LogP contribution is 2.36. The van der Waals surface area contributed by atoms with Gasteiger partial charge in [0.05, 0.1) is 22.1 Å². The molecule has 2 heterocycles. The SMILES string of the molecule is Cc1cccc(-n2c(N=Nc3c(O)[nH]c4ccccc34)nc3ccccc3c2=O)c1C. The summed E-state index contributed by atoms with van der Waals surface area (Å²) in [5.74, 6) is 0.0495.